The predicted octanol–water partition coefficient (Wildman–Crippen LogP) is -0.543. The van der Waals surface area contributed by atoms with Crippen LogP contribution >= 0.6 is 0 Å². The third-order valence-electron chi connectivity index (χ3n) is 2.10. The van der Waals surface area contributed by atoms with Crippen molar-refractivity contribution < 1.29 is 19.4 Å². The van der Waals surface area contributed by atoms with Gasteiger partial charge in [0.05, 0.1) is 12.6 Å². The van der Waals surface area contributed by atoms with Crippen molar-refractivity contribution in [1.29, 1.82) is 0 Å². The van der Waals surface area contributed by atoms with Crippen molar-refractivity contribution in [3.63, 3.8) is 0 Å². The van der Waals surface area contributed by atoms with E-state index in [1.165, 1.54) is 4.90 Å². The number of nitrogens with one attached hydrogen (secondary N) is 1. The minimum absolute atomic E-state index is 0.159. The summed E-state index contributed by atoms with van der Waals surface area (Å²) >= 11 is 0. The summed E-state index contributed by atoms with van der Waals surface area (Å²) in [5.41, 5.74) is 0. The quantitative estimate of drug-likeness (QED) is 0.514. The Morgan fingerprint density at radius 2 is 2.42 bits per heavy atom. The maximum Gasteiger partial charge on any atom is 0.407 e. The monoisotopic (exact) mass is 172 g/mol. The highest BCUT2D eigenvalue weighted by atomic mass is 16.6. The molecule has 2 heterocycles. The van der Waals surface area contributed by atoms with Gasteiger partial charge in [0.25, 0.3) is 0 Å². The number of hydrogen-bond acceptors (Lipinski definition) is 3. The second-order valence-electron chi connectivity index (χ2n) is 2.88. The van der Waals surface area contributed by atoms with Crippen molar-refractivity contribution in [2.24, 2.45) is 0 Å². The number of likely N-dealkylation sites (tertiary alicyclic amines) is 1. The lowest BCUT2D eigenvalue weighted by Gasteiger charge is -2.11. The van der Waals surface area contributed by atoms with Crippen LogP contribution in [0.3, 0.4) is 0 Å². The summed E-state index contributed by atoms with van der Waals surface area (Å²) in [5.74, 6) is 0. The fourth-order valence-electron chi connectivity index (χ4n) is 1.51. The molecule has 2 fully saturated rings. The van der Waals surface area contributed by atoms with E-state index in [0.717, 1.165) is 0 Å². The Morgan fingerprint density at radius 3 is 3.00 bits per heavy atom. The lowest BCUT2D eigenvalue weighted by molar-refractivity contribution is 0.121. The lowest BCUT2D eigenvalue weighted by Crippen LogP contribution is -2.34. The van der Waals surface area contributed by atoms with Gasteiger partial charge >= 0.3 is 12.2 Å². The number of carboxylic acid groups (broad SMARTS) is 1. The van der Waals surface area contributed by atoms with E-state index in [-0.39, 0.29) is 18.7 Å². The minimum Gasteiger partial charge on any atom is -0.465 e. The van der Waals surface area contributed by atoms with Crippen LogP contribution in [0.2, 0.25) is 0 Å². The number of fused-ring (bicyclic) bond motifs is 1. The van der Waals surface area contributed by atoms with E-state index in [9.17, 15) is 9.59 Å². The molecule has 0 saturated carbocycles. The number of hydrogen-bond donors (Lipinski definition) is 2. The Balaban J connectivity index is 2.02. The normalized spacial score (nSPS) is 32.7. The van der Waals surface area contributed by atoms with Crippen LogP contribution in [0, 0.1) is 0 Å². The SMILES string of the molecule is O=C1NC2CN(C(=O)O)CC2O1. The Hall–Kier alpha value is -1.46. The average molecular weight is 172 g/mol. The number of amides is 2. The molecule has 66 valence electrons. The van der Waals surface area contributed by atoms with Crippen molar-refractivity contribution >= 4 is 12.2 Å². The first-order chi connectivity index (χ1) is 5.66. The number of carbonyl (C=O) groups is 2. The molecule has 2 amide bonds. The van der Waals surface area contributed by atoms with Crippen LogP contribution < -0.4 is 5.32 Å². The third kappa shape index (κ3) is 0.956. The molecular weight excluding hydrogens is 164 g/mol. The molecule has 0 aromatic carbocycles. The third-order valence-corrected chi connectivity index (χ3v) is 2.10. The van der Waals surface area contributed by atoms with Crippen LogP contribution in [-0.2, 0) is 4.74 Å². The highest BCUT2D eigenvalue weighted by molar-refractivity contribution is 5.72. The number of nitrogens with zero attached hydrogens (tertiary/aromatic N) is 1. The molecule has 6 nitrogen and oxygen atoms in total. The van der Waals surface area contributed by atoms with Gasteiger partial charge in [-0.1, -0.05) is 0 Å². The molecule has 0 bridgehead atoms. The van der Waals surface area contributed by atoms with Crippen LogP contribution in [0.4, 0.5) is 9.59 Å². The minimum atomic E-state index is -0.970. The van der Waals surface area contributed by atoms with Crippen molar-refractivity contribution in [1.82, 2.24) is 10.2 Å². The van der Waals surface area contributed by atoms with Gasteiger partial charge in [0.1, 0.15) is 6.10 Å². The number of ether oxygens (including phenoxy) is 1. The molecular formula is C6H8N2O4. The van der Waals surface area contributed by atoms with Crippen molar-refractivity contribution in [3.8, 4) is 0 Å². The molecule has 0 spiro atoms. The van der Waals surface area contributed by atoms with Crippen molar-refractivity contribution in [3.05, 3.63) is 0 Å². The molecule has 2 saturated heterocycles. The molecule has 2 N–H and O–H groups in total. The summed E-state index contributed by atoms with van der Waals surface area (Å²) in [6.07, 6.45) is -1.72. The lowest BCUT2D eigenvalue weighted by atomic mass is 10.2. The van der Waals surface area contributed by atoms with E-state index in [0.29, 0.717) is 6.54 Å². The van der Waals surface area contributed by atoms with Crippen molar-refractivity contribution in [2.45, 2.75) is 12.1 Å². The smallest absolute Gasteiger partial charge is 0.407 e. The Kier molecular flexibility index (Phi) is 1.36. The van der Waals surface area contributed by atoms with Gasteiger partial charge in [-0.15, -0.1) is 0 Å². The zero-order chi connectivity index (χ0) is 8.72. The van der Waals surface area contributed by atoms with E-state index in [2.05, 4.69) is 5.32 Å². The summed E-state index contributed by atoms with van der Waals surface area (Å²) < 4.78 is 4.81. The van der Waals surface area contributed by atoms with Gasteiger partial charge in [-0.2, -0.15) is 0 Å². The summed E-state index contributed by atoms with van der Waals surface area (Å²) in [5, 5.41) is 11.1. The van der Waals surface area contributed by atoms with Gasteiger partial charge in [0.15, 0.2) is 0 Å². The van der Waals surface area contributed by atoms with Gasteiger partial charge < -0.3 is 20.1 Å². The molecule has 0 radical (unpaired) electrons. The molecule has 2 aliphatic rings. The number of alkyl carbamates (subject to hydrolysis) is 1. The van der Waals surface area contributed by atoms with Gasteiger partial charge in [0.2, 0.25) is 0 Å². The first-order valence-electron chi connectivity index (χ1n) is 3.62. The molecule has 0 aliphatic carbocycles. The fraction of sp³-hybridized carbons (Fsp3) is 0.667. The van der Waals surface area contributed by atoms with E-state index in [1.807, 2.05) is 0 Å². The van der Waals surface area contributed by atoms with E-state index >= 15 is 0 Å². The van der Waals surface area contributed by atoms with Crippen LogP contribution in [0.1, 0.15) is 0 Å². The topological polar surface area (TPSA) is 78.9 Å². The first-order valence-corrected chi connectivity index (χ1v) is 3.62. The second-order valence-corrected chi connectivity index (χ2v) is 2.88. The summed E-state index contributed by atoms with van der Waals surface area (Å²) in [4.78, 5) is 22.3. The molecule has 2 rings (SSSR count). The molecule has 12 heavy (non-hydrogen) atoms. The van der Waals surface area contributed by atoms with Gasteiger partial charge in [-0.25, -0.2) is 9.59 Å². The molecule has 0 aromatic rings. The summed E-state index contributed by atoms with van der Waals surface area (Å²) in [6.45, 7) is 0.602. The predicted molar refractivity (Wildman–Crippen MR) is 36.8 cm³/mol. The molecule has 2 aliphatic heterocycles. The highest BCUT2D eigenvalue weighted by Gasteiger charge is 2.43. The fourth-order valence-corrected chi connectivity index (χ4v) is 1.51. The standard InChI is InChI=1S/C6H8N2O4/c9-5-7-3-1-8(6(10)11)2-4(3)12-5/h3-4H,1-2H2,(H,7,9)(H,10,11). The maximum atomic E-state index is 10.6. The summed E-state index contributed by atoms with van der Waals surface area (Å²) in [7, 11) is 0. The Bertz CT molecular complexity index is 226. The largest absolute Gasteiger partial charge is 0.465 e. The maximum absolute atomic E-state index is 10.6. The number of carbonyl (C=O) groups excluding carboxylic acids is 1. The molecule has 2 unspecified atom stereocenters. The zero-order valence-corrected chi connectivity index (χ0v) is 6.19. The number of rotatable bonds is 0. The van der Waals surface area contributed by atoms with E-state index in [1.54, 1.807) is 0 Å². The second kappa shape index (κ2) is 2.26. The average Bonchev–Trinajstić information content (AvgIpc) is 2.42. The molecule has 6 heteroatoms. The summed E-state index contributed by atoms with van der Waals surface area (Å²) in [6, 6.07) is -0.159. The van der Waals surface area contributed by atoms with E-state index in [4.69, 9.17) is 9.84 Å². The molecule has 2 atom stereocenters. The van der Waals surface area contributed by atoms with Crippen LogP contribution in [0.5, 0.6) is 0 Å². The Morgan fingerprint density at radius 1 is 1.67 bits per heavy atom. The van der Waals surface area contributed by atoms with Gasteiger partial charge in [-0.05, 0) is 0 Å². The van der Waals surface area contributed by atoms with Crippen molar-refractivity contribution in [2.75, 3.05) is 13.1 Å². The zero-order valence-electron chi connectivity index (χ0n) is 6.19. The van der Waals surface area contributed by atoms with Crippen LogP contribution in [0.15, 0.2) is 0 Å². The van der Waals surface area contributed by atoms with Crippen LogP contribution in [-0.4, -0.2) is 47.4 Å². The van der Waals surface area contributed by atoms with Crippen LogP contribution in [0.25, 0.3) is 0 Å². The highest BCUT2D eigenvalue weighted by Crippen LogP contribution is 2.18. The van der Waals surface area contributed by atoms with Gasteiger partial charge in [-0.3, -0.25) is 0 Å². The van der Waals surface area contributed by atoms with Gasteiger partial charge in [0, 0.05) is 6.54 Å². The Labute approximate surface area is 68.1 Å². The first kappa shape index (κ1) is 7.20. The van der Waals surface area contributed by atoms with E-state index < -0.39 is 12.2 Å². The molecule has 0 aromatic heterocycles.